The van der Waals surface area contributed by atoms with Crippen molar-refractivity contribution in [3.8, 4) is 0 Å². The van der Waals surface area contributed by atoms with Crippen LogP contribution in [0.3, 0.4) is 0 Å². The van der Waals surface area contributed by atoms with Crippen LogP contribution in [0, 0.1) is 0 Å². The fourth-order valence-electron chi connectivity index (χ4n) is 1.58. The van der Waals surface area contributed by atoms with Crippen LogP contribution in [0.15, 0.2) is 24.3 Å². The molecule has 1 N–H and O–H groups in total. The summed E-state index contributed by atoms with van der Waals surface area (Å²) in [6, 6.07) is 8.25. The predicted molar refractivity (Wildman–Crippen MR) is 64.0 cm³/mol. The lowest BCUT2D eigenvalue weighted by Crippen LogP contribution is -2.28. The van der Waals surface area contributed by atoms with Crippen LogP contribution in [-0.2, 0) is 17.8 Å². The van der Waals surface area contributed by atoms with Crippen molar-refractivity contribution >= 4 is 5.91 Å². The molecule has 0 atom stereocenters. The Morgan fingerprint density at radius 1 is 1.25 bits per heavy atom. The Morgan fingerprint density at radius 2 is 1.81 bits per heavy atom. The highest BCUT2D eigenvalue weighted by Gasteiger charge is 2.06. The summed E-state index contributed by atoms with van der Waals surface area (Å²) in [6.07, 6.45) is 2.23. The quantitative estimate of drug-likeness (QED) is 0.820. The van der Waals surface area contributed by atoms with Gasteiger partial charge in [-0.15, -0.1) is 0 Å². The van der Waals surface area contributed by atoms with Crippen molar-refractivity contribution in [3.05, 3.63) is 35.4 Å². The van der Waals surface area contributed by atoms with E-state index < -0.39 is 6.61 Å². The normalized spacial score (nSPS) is 10.2. The van der Waals surface area contributed by atoms with Crippen LogP contribution in [0.25, 0.3) is 0 Å². The summed E-state index contributed by atoms with van der Waals surface area (Å²) in [5, 5.41) is 8.71. The molecule has 1 rings (SSSR count). The maximum Gasteiger partial charge on any atom is 0.248 e. The molecule has 0 fully saturated rings. The lowest BCUT2D eigenvalue weighted by Gasteiger charge is -2.15. The molecule has 0 unspecified atom stereocenters. The number of benzene rings is 1. The summed E-state index contributed by atoms with van der Waals surface area (Å²) < 4.78 is 0. The van der Waals surface area contributed by atoms with E-state index in [1.807, 2.05) is 12.1 Å². The third-order valence-electron chi connectivity index (χ3n) is 2.54. The van der Waals surface area contributed by atoms with Gasteiger partial charge in [-0.25, -0.2) is 0 Å². The molecule has 0 bridgehead atoms. The molecule has 0 spiro atoms. The van der Waals surface area contributed by atoms with Gasteiger partial charge in [0.1, 0.15) is 6.61 Å². The van der Waals surface area contributed by atoms with Gasteiger partial charge in [0.05, 0.1) is 0 Å². The van der Waals surface area contributed by atoms with Crippen LogP contribution < -0.4 is 0 Å². The fraction of sp³-hybridized carbons (Fsp3) is 0.462. The number of hydrogen-bond acceptors (Lipinski definition) is 2. The van der Waals surface area contributed by atoms with Crippen LogP contribution in [0.4, 0.5) is 0 Å². The van der Waals surface area contributed by atoms with Crippen LogP contribution in [-0.4, -0.2) is 29.6 Å². The molecule has 0 radical (unpaired) electrons. The molecule has 0 saturated heterocycles. The SMILES string of the molecule is CCCc1ccc(CN(C)C(=O)CO)cc1. The van der Waals surface area contributed by atoms with E-state index in [2.05, 4.69) is 19.1 Å². The Kier molecular flexibility index (Phi) is 4.99. The molecule has 0 saturated carbocycles. The van der Waals surface area contributed by atoms with Crippen molar-refractivity contribution in [1.29, 1.82) is 0 Å². The second-order valence-electron chi connectivity index (χ2n) is 3.97. The summed E-state index contributed by atoms with van der Waals surface area (Å²) in [5.74, 6) is -0.252. The highest BCUT2D eigenvalue weighted by atomic mass is 16.3. The van der Waals surface area contributed by atoms with Gasteiger partial charge in [0.2, 0.25) is 5.91 Å². The minimum atomic E-state index is -0.426. The van der Waals surface area contributed by atoms with Gasteiger partial charge < -0.3 is 10.0 Å². The second kappa shape index (κ2) is 6.28. The summed E-state index contributed by atoms with van der Waals surface area (Å²) in [7, 11) is 1.69. The van der Waals surface area contributed by atoms with Crippen molar-refractivity contribution in [2.75, 3.05) is 13.7 Å². The number of aliphatic hydroxyl groups excluding tert-OH is 1. The van der Waals surface area contributed by atoms with E-state index in [1.165, 1.54) is 10.5 Å². The molecule has 0 aliphatic rings. The first-order chi connectivity index (χ1) is 7.67. The van der Waals surface area contributed by atoms with E-state index >= 15 is 0 Å². The van der Waals surface area contributed by atoms with Gasteiger partial charge in [-0.3, -0.25) is 4.79 Å². The lowest BCUT2D eigenvalue weighted by atomic mass is 10.1. The molecule has 0 heterocycles. The van der Waals surface area contributed by atoms with Crippen molar-refractivity contribution in [2.45, 2.75) is 26.3 Å². The van der Waals surface area contributed by atoms with E-state index in [4.69, 9.17) is 5.11 Å². The molecular formula is C13H19NO2. The van der Waals surface area contributed by atoms with Crippen LogP contribution in [0.1, 0.15) is 24.5 Å². The molecular weight excluding hydrogens is 202 g/mol. The maximum absolute atomic E-state index is 11.2. The van der Waals surface area contributed by atoms with Crippen molar-refractivity contribution in [2.24, 2.45) is 0 Å². The zero-order chi connectivity index (χ0) is 12.0. The zero-order valence-corrected chi connectivity index (χ0v) is 9.94. The van der Waals surface area contributed by atoms with E-state index in [9.17, 15) is 4.79 Å². The van der Waals surface area contributed by atoms with Gasteiger partial charge in [0.25, 0.3) is 0 Å². The Labute approximate surface area is 96.7 Å². The van der Waals surface area contributed by atoms with Crippen LogP contribution in [0.5, 0.6) is 0 Å². The van der Waals surface area contributed by atoms with E-state index in [0.717, 1.165) is 18.4 Å². The first-order valence-corrected chi connectivity index (χ1v) is 5.60. The first kappa shape index (κ1) is 12.7. The maximum atomic E-state index is 11.2. The van der Waals surface area contributed by atoms with Crippen molar-refractivity contribution in [1.82, 2.24) is 4.90 Å². The molecule has 0 aromatic heterocycles. The Balaban J connectivity index is 2.58. The number of aliphatic hydroxyl groups is 1. The van der Waals surface area contributed by atoms with Gasteiger partial charge in [-0.2, -0.15) is 0 Å². The van der Waals surface area contributed by atoms with Gasteiger partial charge in [-0.05, 0) is 17.5 Å². The fourth-order valence-corrected chi connectivity index (χ4v) is 1.58. The summed E-state index contributed by atoms with van der Waals surface area (Å²) >= 11 is 0. The highest BCUT2D eigenvalue weighted by Crippen LogP contribution is 2.08. The Bertz CT molecular complexity index is 332. The average Bonchev–Trinajstić information content (AvgIpc) is 2.31. The number of aryl methyl sites for hydroxylation is 1. The number of carbonyl (C=O) groups is 1. The number of amides is 1. The topological polar surface area (TPSA) is 40.5 Å². The number of hydrogen-bond donors (Lipinski definition) is 1. The first-order valence-electron chi connectivity index (χ1n) is 5.60. The minimum Gasteiger partial charge on any atom is -0.387 e. The molecule has 3 heteroatoms. The standard InChI is InChI=1S/C13H19NO2/c1-3-4-11-5-7-12(8-6-11)9-14(2)13(16)10-15/h5-8,15H,3-4,9-10H2,1-2H3. The monoisotopic (exact) mass is 221 g/mol. The number of carbonyl (C=O) groups excluding carboxylic acids is 1. The molecule has 1 aromatic rings. The Hall–Kier alpha value is -1.35. The highest BCUT2D eigenvalue weighted by molar-refractivity contribution is 5.76. The average molecular weight is 221 g/mol. The van der Waals surface area contributed by atoms with Gasteiger partial charge >= 0.3 is 0 Å². The molecule has 16 heavy (non-hydrogen) atoms. The largest absolute Gasteiger partial charge is 0.387 e. The van der Waals surface area contributed by atoms with E-state index in [1.54, 1.807) is 7.05 Å². The summed E-state index contributed by atoms with van der Waals surface area (Å²) in [5.41, 5.74) is 2.41. The molecule has 1 aromatic carbocycles. The molecule has 0 aliphatic carbocycles. The number of rotatable bonds is 5. The van der Waals surface area contributed by atoms with Gasteiger partial charge in [0, 0.05) is 13.6 Å². The molecule has 3 nitrogen and oxygen atoms in total. The van der Waals surface area contributed by atoms with E-state index in [-0.39, 0.29) is 5.91 Å². The number of nitrogens with zero attached hydrogens (tertiary/aromatic N) is 1. The molecule has 1 amide bonds. The second-order valence-corrected chi connectivity index (χ2v) is 3.97. The van der Waals surface area contributed by atoms with Crippen LogP contribution in [0.2, 0.25) is 0 Å². The number of likely N-dealkylation sites (N-methyl/N-ethyl adjacent to an activating group) is 1. The smallest absolute Gasteiger partial charge is 0.248 e. The predicted octanol–water partition coefficient (Wildman–Crippen LogP) is 1.59. The molecule has 0 aliphatic heterocycles. The van der Waals surface area contributed by atoms with Crippen LogP contribution >= 0.6 is 0 Å². The summed E-state index contributed by atoms with van der Waals surface area (Å²) in [4.78, 5) is 12.7. The van der Waals surface area contributed by atoms with Crippen molar-refractivity contribution in [3.63, 3.8) is 0 Å². The third-order valence-corrected chi connectivity index (χ3v) is 2.54. The van der Waals surface area contributed by atoms with Gasteiger partial charge in [0.15, 0.2) is 0 Å². The third kappa shape index (κ3) is 3.66. The lowest BCUT2D eigenvalue weighted by molar-refractivity contribution is -0.133. The summed E-state index contributed by atoms with van der Waals surface area (Å²) in [6.45, 7) is 2.28. The molecule has 88 valence electrons. The van der Waals surface area contributed by atoms with Gasteiger partial charge in [-0.1, -0.05) is 37.6 Å². The Morgan fingerprint density at radius 3 is 2.31 bits per heavy atom. The minimum absolute atomic E-state index is 0.252. The van der Waals surface area contributed by atoms with Crippen molar-refractivity contribution < 1.29 is 9.90 Å². The van der Waals surface area contributed by atoms with E-state index in [0.29, 0.717) is 6.54 Å². The zero-order valence-electron chi connectivity index (χ0n) is 9.94.